The Labute approximate surface area is 256 Å². The molecule has 1 aliphatic heterocycles. The van der Waals surface area contributed by atoms with Crippen LogP contribution >= 0.6 is 11.6 Å². The zero-order valence-electron chi connectivity index (χ0n) is 23.7. The Hall–Kier alpha value is -4.56. The van der Waals surface area contributed by atoms with Crippen molar-refractivity contribution in [3.63, 3.8) is 0 Å². The van der Waals surface area contributed by atoms with E-state index in [9.17, 15) is 28.0 Å². The van der Waals surface area contributed by atoms with Crippen LogP contribution in [0.15, 0.2) is 48.7 Å². The van der Waals surface area contributed by atoms with Gasteiger partial charge in [0.2, 0.25) is 11.8 Å². The highest BCUT2D eigenvalue weighted by molar-refractivity contribution is 6.31. The van der Waals surface area contributed by atoms with Gasteiger partial charge in [0.05, 0.1) is 11.1 Å². The fourth-order valence-corrected chi connectivity index (χ4v) is 4.97. The fraction of sp³-hybridized carbons (Fsp3) is 0.345. The molecule has 2 heterocycles. The molecule has 0 aliphatic carbocycles. The van der Waals surface area contributed by atoms with Gasteiger partial charge in [-0.15, -0.1) is 0 Å². The molecule has 4 N–H and O–H groups in total. The van der Waals surface area contributed by atoms with E-state index in [1.807, 2.05) is 0 Å². The lowest BCUT2D eigenvalue weighted by Crippen LogP contribution is -2.51. The molecule has 3 aromatic rings. The van der Waals surface area contributed by atoms with Crippen molar-refractivity contribution in [3.8, 4) is 0 Å². The van der Waals surface area contributed by atoms with Crippen molar-refractivity contribution in [2.24, 2.45) is 0 Å². The number of carbonyl (C=O) groups is 4. The number of aromatic nitrogens is 1. The highest BCUT2D eigenvalue weighted by Crippen LogP contribution is 2.21. The van der Waals surface area contributed by atoms with Crippen molar-refractivity contribution < 1.29 is 37.8 Å². The molecule has 44 heavy (non-hydrogen) atoms. The number of benzene rings is 2. The van der Waals surface area contributed by atoms with E-state index >= 15 is 0 Å². The number of hydrazine groups is 1. The van der Waals surface area contributed by atoms with E-state index in [1.165, 1.54) is 53.4 Å². The second-order valence-corrected chi connectivity index (χ2v) is 10.6. The first-order chi connectivity index (χ1) is 21.0. The normalized spacial score (nSPS) is 15.1. The lowest BCUT2D eigenvalue weighted by Gasteiger charge is -2.31. The van der Waals surface area contributed by atoms with Crippen LogP contribution < -0.4 is 16.1 Å². The maximum atomic E-state index is 14.0. The van der Waals surface area contributed by atoms with Crippen molar-refractivity contribution in [3.05, 3.63) is 70.9 Å². The number of hydrogen-bond acceptors (Lipinski definition) is 7. The minimum atomic E-state index is -1.06. The van der Waals surface area contributed by atoms with E-state index in [-0.39, 0.29) is 55.3 Å². The van der Waals surface area contributed by atoms with Gasteiger partial charge in [0.1, 0.15) is 24.1 Å². The summed E-state index contributed by atoms with van der Waals surface area (Å²) in [5.74, 6) is -1.82. The minimum absolute atomic E-state index is 0.0459. The number of pyridine rings is 1. The topological polar surface area (TPSA) is 153 Å². The third kappa shape index (κ3) is 8.74. The lowest BCUT2D eigenvalue weighted by molar-refractivity contribution is -0.137. The zero-order chi connectivity index (χ0) is 31.8. The average molecular weight is 633 g/mol. The second kappa shape index (κ2) is 14.8. The number of ether oxygens (including phenoxy) is 1. The number of anilines is 1. The van der Waals surface area contributed by atoms with Gasteiger partial charge in [0.25, 0.3) is 0 Å². The van der Waals surface area contributed by atoms with E-state index < -0.39 is 35.8 Å². The maximum Gasteiger partial charge on any atom is 0.412 e. The molecule has 12 nitrogen and oxygen atoms in total. The highest BCUT2D eigenvalue weighted by atomic mass is 35.5. The van der Waals surface area contributed by atoms with Gasteiger partial charge in [-0.3, -0.25) is 19.9 Å². The van der Waals surface area contributed by atoms with Gasteiger partial charge in [-0.2, -0.15) is 0 Å². The van der Waals surface area contributed by atoms with Crippen molar-refractivity contribution in [2.45, 2.75) is 44.8 Å². The first-order valence-corrected chi connectivity index (χ1v) is 14.1. The zero-order valence-corrected chi connectivity index (χ0v) is 24.4. The Bertz CT molecular complexity index is 1550. The predicted molar refractivity (Wildman–Crippen MR) is 157 cm³/mol. The number of carboxylic acid groups (broad SMARTS) is 1. The summed E-state index contributed by atoms with van der Waals surface area (Å²) in [6.45, 7) is 1.34. The Kier molecular flexibility index (Phi) is 10.8. The molecule has 1 saturated heterocycles. The number of fused-ring (bicyclic) bond motifs is 1. The number of hydrogen-bond donors (Lipinski definition) is 4. The molecule has 1 fully saturated rings. The Morgan fingerprint density at radius 2 is 1.98 bits per heavy atom. The van der Waals surface area contributed by atoms with E-state index in [0.717, 1.165) is 0 Å². The summed E-state index contributed by atoms with van der Waals surface area (Å²) < 4.78 is 33.0. The molecule has 15 heteroatoms. The van der Waals surface area contributed by atoms with Gasteiger partial charge < -0.3 is 20.1 Å². The van der Waals surface area contributed by atoms with Crippen LogP contribution in [0.4, 0.5) is 24.2 Å². The molecule has 1 aliphatic rings. The number of nitrogens with one attached hydrogen (secondary N) is 3. The van der Waals surface area contributed by atoms with Crippen LogP contribution in [0.5, 0.6) is 0 Å². The average Bonchev–Trinajstić information content (AvgIpc) is 3.44. The molecule has 0 radical (unpaired) electrons. The van der Waals surface area contributed by atoms with Crippen LogP contribution in [0.3, 0.4) is 0 Å². The largest absolute Gasteiger partial charge is 0.465 e. The first-order valence-electron chi connectivity index (χ1n) is 13.7. The molecular weight excluding hydrogens is 602 g/mol. The maximum absolute atomic E-state index is 14.0. The molecule has 0 saturated carbocycles. The predicted octanol–water partition coefficient (Wildman–Crippen LogP) is 4.29. The molecule has 234 valence electrons. The standard InChI is InChI=1S/C29H31ClF2N6O6/c1-17(39)38(34-14-19-3-2-4-24(32)27(19)30)23(7-8-26(40)35-22-9-10-37(15-22)29(42)43)16-44-28(41)36-25-12-20-11-21(31)6-5-18(20)13-33-25/h2-6,11-13,22-23,34H,7-10,14-16H2,1H3,(H,35,40)(H,42,43)(H,33,36,41)/t22?,23-/m0/s1. The third-order valence-electron chi connectivity index (χ3n) is 7.03. The summed E-state index contributed by atoms with van der Waals surface area (Å²) >= 11 is 6.06. The number of nitrogens with zero attached hydrogens (tertiary/aromatic N) is 3. The fourth-order valence-electron chi connectivity index (χ4n) is 4.78. The Morgan fingerprint density at radius 1 is 1.18 bits per heavy atom. The SMILES string of the molecule is CC(=O)N(NCc1cccc(F)c1Cl)[C@@H](CCC(=O)NC1CCN(C(=O)O)C1)COC(=O)Nc1cc2cc(F)ccc2cn1. The van der Waals surface area contributed by atoms with Gasteiger partial charge >= 0.3 is 12.2 Å². The third-order valence-corrected chi connectivity index (χ3v) is 7.45. The summed E-state index contributed by atoms with van der Waals surface area (Å²) in [5, 5.41) is 16.6. The van der Waals surface area contributed by atoms with E-state index in [2.05, 4.69) is 21.0 Å². The van der Waals surface area contributed by atoms with Crippen LogP contribution in [0, 0.1) is 11.6 Å². The molecule has 2 atom stereocenters. The summed E-state index contributed by atoms with van der Waals surface area (Å²) in [6, 6.07) is 8.65. The molecule has 1 unspecified atom stereocenters. The number of likely N-dealkylation sites (tertiary alicyclic amines) is 1. The van der Waals surface area contributed by atoms with E-state index in [0.29, 0.717) is 29.3 Å². The molecule has 0 spiro atoms. The summed E-state index contributed by atoms with van der Waals surface area (Å²) in [5.41, 5.74) is 3.26. The van der Waals surface area contributed by atoms with Gasteiger partial charge in [-0.05, 0) is 54.1 Å². The van der Waals surface area contributed by atoms with Crippen molar-refractivity contribution in [2.75, 3.05) is 25.0 Å². The van der Waals surface area contributed by atoms with Gasteiger partial charge in [-0.1, -0.05) is 23.7 Å². The van der Waals surface area contributed by atoms with Gasteiger partial charge in [-0.25, -0.2) is 28.8 Å². The summed E-state index contributed by atoms with van der Waals surface area (Å²) in [4.78, 5) is 54.6. The van der Waals surface area contributed by atoms with Crippen LogP contribution in [0.1, 0.15) is 31.7 Å². The van der Waals surface area contributed by atoms with E-state index in [1.54, 1.807) is 12.1 Å². The Balaban J connectivity index is 1.42. The molecule has 4 amide bonds. The van der Waals surface area contributed by atoms with Crippen LogP contribution in [0.25, 0.3) is 10.8 Å². The van der Waals surface area contributed by atoms with E-state index in [4.69, 9.17) is 21.4 Å². The van der Waals surface area contributed by atoms with Crippen molar-refractivity contribution in [1.29, 1.82) is 0 Å². The molecule has 0 bridgehead atoms. The van der Waals surface area contributed by atoms with Crippen LogP contribution in [-0.4, -0.2) is 75.8 Å². The van der Waals surface area contributed by atoms with Crippen molar-refractivity contribution in [1.82, 2.24) is 25.6 Å². The quantitative estimate of drug-likeness (QED) is 0.229. The first kappa shape index (κ1) is 32.4. The number of amides is 4. The van der Waals surface area contributed by atoms with Gasteiger partial charge in [0.15, 0.2) is 0 Å². The summed E-state index contributed by atoms with van der Waals surface area (Å²) in [7, 11) is 0. The smallest absolute Gasteiger partial charge is 0.412 e. The van der Waals surface area contributed by atoms with Crippen molar-refractivity contribution >= 4 is 52.2 Å². The molecule has 2 aromatic carbocycles. The highest BCUT2D eigenvalue weighted by Gasteiger charge is 2.28. The number of carbonyl (C=O) groups excluding carboxylic acids is 3. The van der Waals surface area contributed by atoms with Gasteiger partial charge in [0, 0.05) is 50.6 Å². The monoisotopic (exact) mass is 632 g/mol. The minimum Gasteiger partial charge on any atom is -0.465 e. The van der Waals surface area contributed by atoms with Crippen LogP contribution in [-0.2, 0) is 20.9 Å². The summed E-state index contributed by atoms with van der Waals surface area (Å²) in [6.07, 6.45) is -0.0706. The number of rotatable bonds is 11. The lowest BCUT2D eigenvalue weighted by atomic mass is 10.1. The van der Waals surface area contributed by atoms with Crippen LogP contribution in [0.2, 0.25) is 5.02 Å². The number of halogens is 3. The molecule has 1 aromatic heterocycles. The molecular formula is C29H31ClF2N6O6. The molecule has 4 rings (SSSR count). The Morgan fingerprint density at radius 3 is 2.70 bits per heavy atom. The second-order valence-electron chi connectivity index (χ2n) is 10.2.